The van der Waals surface area contributed by atoms with Crippen molar-refractivity contribution in [1.29, 1.82) is 0 Å². The van der Waals surface area contributed by atoms with Gasteiger partial charge < -0.3 is 15.8 Å². The number of sulfonamides is 1. The van der Waals surface area contributed by atoms with E-state index < -0.39 is 16.1 Å². The lowest BCUT2D eigenvalue weighted by atomic mass is 9.99. The van der Waals surface area contributed by atoms with Gasteiger partial charge in [-0.1, -0.05) is 20.3 Å². The van der Waals surface area contributed by atoms with E-state index in [4.69, 9.17) is 10.5 Å². The Hall–Kier alpha value is -0.410. The molecule has 138 valence electrons. The lowest BCUT2D eigenvalue weighted by molar-refractivity contribution is -0.123. The molecule has 1 saturated heterocycles. The standard InChI is InChI=1S/C14H29N3O4S.ClH/c1-3-11(2)13(15)14(18)16-7-9-22(19,20)17-10-12-6-4-5-8-21-12;/h11-13,17H,3-10,15H2,1-2H3,(H,16,18);1H. The van der Waals surface area contributed by atoms with Crippen LogP contribution in [-0.2, 0) is 19.6 Å². The van der Waals surface area contributed by atoms with Crippen LogP contribution in [0.5, 0.6) is 0 Å². The van der Waals surface area contributed by atoms with Crippen LogP contribution >= 0.6 is 12.4 Å². The van der Waals surface area contributed by atoms with Gasteiger partial charge in [-0.15, -0.1) is 12.4 Å². The summed E-state index contributed by atoms with van der Waals surface area (Å²) in [7, 11) is -3.41. The first kappa shape index (κ1) is 22.6. The molecular weight excluding hydrogens is 342 g/mol. The molecule has 9 heteroatoms. The molecule has 0 bridgehead atoms. The number of hydrogen-bond donors (Lipinski definition) is 3. The summed E-state index contributed by atoms with van der Waals surface area (Å²) >= 11 is 0. The van der Waals surface area contributed by atoms with Crippen molar-refractivity contribution in [1.82, 2.24) is 10.0 Å². The summed E-state index contributed by atoms with van der Waals surface area (Å²) in [5.41, 5.74) is 5.78. The first-order chi connectivity index (χ1) is 10.4. The van der Waals surface area contributed by atoms with Crippen LogP contribution in [0.3, 0.4) is 0 Å². The van der Waals surface area contributed by atoms with Crippen LogP contribution < -0.4 is 15.8 Å². The van der Waals surface area contributed by atoms with Crippen molar-refractivity contribution in [2.45, 2.75) is 51.7 Å². The van der Waals surface area contributed by atoms with E-state index >= 15 is 0 Å². The first-order valence-electron chi connectivity index (χ1n) is 7.98. The van der Waals surface area contributed by atoms with Gasteiger partial charge in [0.05, 0.1) is 17.9 Å². The number of hydrogen-bond acceptors (Lipinski definition) is 5. The molecule has 0 aliphatic carbocycles. The average Bonchev–Trinajstić information content (AvgIpc) is 2.52. The van der Waals surface area contributed by atoms with Crippen LogP contribution in [0.1, 0.15) is 39.5 Å². The molecule has 1 amide bonds. The molecule has 1 aliphatic heterocycles. The Morgan fingerprint density at radius 1 is 1.39 bits per heavy atom. The molecule has 4 N–H and O–H groups in total. The van der Waals surface area contributed by atoms with E-state index in [1.54, 1.807) is 0 Å². The summed E-state index contributed by atoms with van der Waals surface area (Å²) in [4.78, 5) is 11.8. The third kappa shape index (κ3) is 8.85. The Bertz CT molecular complexity index is 441. The van der Waals surface area contributed by atoms with E-state index in [0.717, 1.165) is 25.7 Å². The molecule has 1 fully saturated rings. The van der Waals surface area contributed by atoms with Crippen LogP contribution in [-0.4, -0.2) is 51.9 Å². The molecule has 0 aromatic heterocycles. The van der Waals surface area contributed by atoms with Gasteiger partial charge in [-0.3, -0.25) is 4.79 Å². The van der Waals surface area contributed by atoms with Gasteiger partial charge in [-0.25, -0.2) is 13.1 Å². The molecule has 23 heavy (non-hydrogen) atoms. The maximum Gasteiger partial charge on any atom is 0.237 e. The smallest absolute Gasteiger partial charge is 0.237 e. The van der Waals surface area contributed by atoms with E-state index in [9.17, 15) is 13.2 Å². The highest BCUT2D eigenvalue weighted by atomic mass is 35.5. The molecule has 3 unspecified atom stereocenters. The van der Waals surface area contributed by atoms with E-state index in [-0.39, 0.29) is 42.6 Å². The Morgan fingerprint density at radius 3 is 2.65 bits per heavy atom. The number of carbonyl (C=O) groups is 1. The minimum absolute atomic E-state index is 0. The molecule has 1 heterocycles. The summed E-state index contributed by atoms with van der Waals surface area (Å²) < 4.78 is 31.7. The van der Waals surface area contributed by atoms with Crippen LogP contribution in [0.15, 0.2) is 0 Å². The first-order valence-corrected chi connectivity index (χ1v) is 9.63. The fourth-order valence-corrected chi connectivity index (χ4v) is 3.15. The normalized spacial score (nSPS) is 21.1. The Balaban J connectivity index is 0.00000484. The lowest BCUT2D eigenvalue weighted by Crippen LogP contribution is -2.46. The van der Waals surface area contributed by atoms with E-state index in [2.05, 4.69) is 10.0 Å². The van der Waals surface area contributed by atoms with Gasteiger partial charge in [0.15, 0.2) is 0 Å². The number of ether oxygens (including phenoxy) is 1. The second kappa shape index (κ2) is 11.2. The van der Waals surface area contributed by atoms with E-state index in [1.165, 1.54) is 0 Å². The zero-order valence-electron chi connectivity index (χ0n) is 13.9. The van der Waals surface area contributed by atoms with Crippen LogP contribution in [0.2, 0.25) is 0 Å². The monoisotopic (exact) mass is 371 g/mol. The van der Waals surface area contributed by atoms with Crippen molar-refractivity contribution in [3.8, 4) is 0 Å². The second-order valence-electron chi connectivity index (χ2n) is 5.86. The fourth-order valence-electron chi connectivity index (χ4n) is 2.20. The molecule has 0 aromatic carbocycles. The Labute approximate surface area is 145 Å². The quantitative estimate of drug-likeness (QED) is 0.543. The van der Waals surface area contributed by atoms with E-state index in [0.29, 0.717) is 13.2 Å². The van der Waals surface area contributed by atoms with Gasteiger partial charge in [0, 0.05) is 19.7 Å². The number of rotatable bonds is 9. The largest absolute Gasteiger partial charge is 0.377 e. The number of nitrogens with two attached hydrogens (primary N) is 1. The topological polar surface area (TPSA) is 111 Å². The molecule has 1 aliphatic rings. The average molecular weight is 372 g/mol. The minimum atomic E-state index is -3.41. The van der Waals surface area contributed by atoms with Crippen molar-refractivity contribution < 1.29 is 17.9 Å². The maximum atomic E-state index is 11.9. The SMILES string of the molecule is CCC(C)C(N)C(=O)NCCS(=O)(=O)NCC1CCCCO1.Cl. The molecule has 7 nitrogen and oxygen atoms in total. The molecule has 0 aromatic rings. The van der Waals surface area contributed by atoms with Gasteiger partial charge in [0.2, 0.25) is 15.9 Å². The van der Waals surface area contributed by atoms with Gasteiger partial charge >= 0.3 is 0 Å². The number of amides is 1. The number of nitrogens with one attached hydrogen (secondary N) is 2. The van der Waals surface area contributed by atoms with Crippen molar-refractivity contribution in [2.75, 3.05) is 25.4 Å². The molecule has 0 spiro atoms. The highest BCUT2D eigenvalue weighted by Gasteiger charge is 2.21. The number of halogens is 1. The van der Waals surface area contributed by atoms with Crippen LogP contribution in [0, 0.1) is 5.92 Å². The summed E-state index contributed by atoms with van der Waals surface area (Å²) in [6, 6.07) is -0.601. The predicted molar refractivity (Wildman–Crippen MR) is 93.1 cm³/mol. The van der Waals surface area contributed by atoms with Gasteiger partial charge in [-0.05, 0) is 25.2 Å². The maximum absolute atomic E-state index is 11.9. The zero-order chi connectivity index (χ0) is 16.6. The third-order valence-corrected chi connectivity index (χ3v) is 5.38. The van der Waals surface area contributed by atoms with Gasteiger partial charge in [0.25, 0.3) is 0 Å². The minimum Gasteiger partial charge on any atom is -0.377 e. The van der Waals surface area contributed by atoms with Crippen molar-refractivity contribution in [3.63, 3.8) is 0 Å². The molecule has 0 saturated carbocycles. The summed E-state index contributed by atoms with van der Waals surface area (Å²) in [5.74, 6) is -0.392. The van der Waals surface area contributed by atoms with Crippen LogP contribution in [0.4, 0.5) is 0 Å². The Kier molecular flexibility index (Phi) is 11.0. The third-order valence-electron chi connectivity index (χ3n) is 4.03. The summed E-state index contributed by atoms with van der Waals surface area (Å²) in [6.45, 7) is 4.90. The van der Waals surface area contributed by atoms with E-state index in [1.807, 2.05) is 13.8 Å². The fraction of sp³-hybridized carbons (Fsp3) is 0.929. The molecule has 0 radical (unpaired) electrons. The van der Waals surface area contributed by atoms with Gasteiger partial charge in [-0.2, -0.15) is 0 Å². The lowest BCUT2D eigenvalue weighted by Gasteiger charge is -2.22. The van der Waals surface area contributed by atoms with Gasteiger partial charge in [0.1, 0.15) is 0 Å². The number of carbonyl (C=O) groups excluding carboxylic acids is 1. The second-order valence-corrected chi connectivity index (χ2v) is 7.78. The summed E-state index contributed by atoms with van der Waals surface area (Å²) in [6.07, 6.45) is 3.73. The van der Waals surface area contributed by atoms with Crippen molar-refractivity contribution >= 4 is 28.3 Å². The predicted octanol–water partition coefficient (Wildman–Crippen LogP) is 0.386. The summed E-state index contributed by atoms with van der Waals surface area (Å²) in [5, 5.41) is 2.58. The zero-order valence-corrected chi connectivity index (χ0v) is 15.5. The van der Waals surface area contributed by atoms with Crippen molar-refractivity contribution in [3.05, 3.63) is 0 Å². The van der Waals surface area contributed by atoms with Crippen LogP contribution in [0.25, 0.3) is 0 Å². The molecule has 1 rings (SSSR count). The molecular formula is C14H30ClN3O4S. The Morgan fingerprint density at radius 2 is 2.09 bits per heavy atom. The highest BCUT2D eigenvalue weighted by Crippen LogP contribution is 2.11. The molecule has 3 atom stereocenters. The highest BCUT2D eigenvalue weighted by molar-refractivity contribution is 7.89. The van der Waals surface area contributed by atoms with Crippen molar-refractivity contribution in [2.24, 2.45) is 11.7 Å².